The molecule has 0 aliphatic carbocycles. The Bertz CT molecular complexity index is 1890. The first-order chi connectivity index (χ1) is 23.6. The standard InChI is InChI=1S/C30H25F10NO3/c1-14(2)24-22(31)7-8-23(43-4)25(24)21-6-5-18(28(32,33)34)11-17(21)13-41-15(3)26(44-27(41)42)16-9-19(29(35,36)37)12-20(10-16)30(38,39)40/h5-12,14-15,26H,13H2,1-4H3/t15-,26-/m0/s1/i3D3,4D3,14D,15D,26D. The number of carbonyl (C=O) groups is 1. The Morgan fingerprint density at radius 1 is 0.932 bits per heavy atom. The third-order valence-corrected chi connectivity index (χ3v) is 6.50. The second-order valence-corrected chi connectivity index (χ2v) is 9.69. The third-order valence-electron chi connectivity index (χ3n) is 6.50. The van der Waals surface area contributed by atoms with E-state index in [-0.39, 0.29) is 29.2 Å². The van der Waals surface area contributed by atoms with Gasteiger partial charge in [-0.2, -0.15) is 39.5 Å². The quantitative estimate of drug-likeness (QED) is 0.251. The molecule has 3 aromatic carbocycles. The SMILES string of the molecule is [2H]C([2H])([2H])Oc1ccc(F)c(C([2H])(C)C)c1-c1ccc(C(F)(F)F)cc1CN1C(=O)O[C@]([2H])(c2cc(C(F)(F)F)cc(C(F)(F)F)c2)[C@]1([2H])C([2H])([2H])[2H]. The molecule has 1 fully saturated rings. The topological polar surface area (TPSA) is 38.8 Å². The van der Waals surface area contributed by atoms with Crippen LogP contribution in [-0.2, 0) is 29.8 Å². The van der Waals surface area contributed by atoms with E-state index in [1.54, 1.807) is 0 Å². The summed E-state index contributed by atoms with van der Waals surface area (Å²) in [5, 5.41) is 0. The van der Waals surface area contributed by atoms with Gasteiger partial charge < -0.3 is 9.47 Å². The third kappa shape index (κ3) is 6.43. The van der Waals surface area contributed by atoms with Gasteiger partial charge in [0.05, 0.1) is 43.1 Å². The zero-order valence-corrected chi connectivity index (χ0v) is 22.3. The maximum absolute atomic E-state index is 15.4. The van der Waals surface area contributed by atoms with Crippen LogP contribution in [0.2, 0.25) is 0 Å². The zero-order valence-electron chi connectivity index (χ0n) is 31.3. The number of carbonyl (C=O) groups excluding carboxylic acids is 1. The van der Waals surface area contributed by atoms with Gasteiger partial charge in [-0.3, -0.25) is 4.90 Å². The Morgan fingerprint density at radius 2 is 1.55 bits per heavy atom. The predicted molar refractivity (Wildman–Crippen MR) is 138 cm³/mol. The molecule has 0 radical (unpaired) electrons. The molecule has 1 saturated heterocycles. The molecule has 0 saturated carbocycles. The lowest BCUT2D eigenvalue weighted by Crippen LogP contribution is -2.32. The molecular formula is C30H25F10NO3. The smallest absolute Gasteiger partial charge is 0.416 e. The molecule has 4 rings (SSSR count). The second-order valence-electron chi connectivity index (χ2n) is 9.69. The first kappa shape index (κ1) is 22.5. The van der Waals surface area contributed by atoms with Crippen molar-refractivity contribution in [2.24, 2.45) is 0 Å². The molecule has 0 aromatic heterocycles. The van der Waals surface area contributed by atoms with Crippen LogP contribution in [0, 0.1) is 5.82 Å². The average molecular weight is 647 g/mol. The molecule has 0 bridgehead atoms. The maximum atomic E-state index is 15.4. The lowest BCUT2D eigenvalue weighted by atomic mass is 9.88. The number of methoxy groups -OCH3 is 1. The molecule has 0 N–H and O–H groups in total. The van der Waals surface area contributed by atoms with Crippen molar-refractivity contribution in [2.45, 2.75) is 63.8 Å². The molecular weight excluding hydrogens is 612 g/mol. The minimum absolute atomic E-state index is 0.155. The van der Waals surface area contributed by atoms with E-state index in [0.717, 1.165) is 19.9 Å². The van der Waals surface area contributed by atoms with Gasteiger partial charge >= 0.3 is 24.6 Å². The van der Waals surface area contributed by atoms with Crippen LogP contribution in [0.4, 0.5) is 48.7 Å². The minimum Gasteiger partial charge on any atom is -0.496 e. The van der Waals surface area contributed by atoms with E-state index >= 15 is 4.39 Å². The van der Waals surface area contributed by atoms with E-state index in [9.17, 15) is 44.3 Å². The molecule has 44 heavy (non-hydrogen) atoms. The van der Waals surface area contributed by atoms with Crippen LogP contribution in [0.25, 0.3) is 11.1 Å². The molecule has 1 amide bonds. The van der Waals surface area contributed by atoms with Gasteiger partial charge in [-0.05, 0) is 71.9 Å². The number of ether oxygens (including phenoxy) is 2. The molecule has 1 heterocycles. The highest BCUT2D eigenvalue weighted by molar-refractivity contribution is 5.79. The molecule has 1 aliphatic heterocycles. The Morgan fingerprint density at radius 3 is 2.07 bits per heavy atom. The number of hydrogen-bond donors (Lipinski definition) is 0. The van der Waals surface area contributed by atoms with Crippen LogP contribution >= 0.6 is 0 Å². The summed E-state index contributed by atoms with van der Waals surface area (Å²) < 4.78 is 223. The maximum Gasteiger partial charge on any atom is 0.416 e. The van der Waals surface area contributed by atoms with E-state index in [1.165, 1.54) is 0 Å². The highest BCUT2D eigenvalue weighted by atomic mass is 19.4. The van der Waals surface area contributed by atoms with Gasteiger partial charge in [-0.25, -0.2) is 9.18 Å². The van der Waals surface area contributed by atoms with Crippen molar-refractivity contribution in [1.29, 1.82) is 0 Å². The fraction of sp³-hybridized carbons (Fsp3) is 0.367. The van der Waals surface area contributed by atoms with Gasteiger partial charge in [0.2, 0.25) is 0 Å². The number of alkyl halides is 9. The number of rotatable bonds is 6. The van der Waals surface area contributed by atoms with Gasteiger partial charge in [-0.15, -0.1) is 0 Å². The van der Waals surface area contributed by atoms with Gasteiger partial charge in [0.1, 0.15) is 17.6 Å². The largest absolute Gasteiger partial charge is 0.496 e. The van der Waals surface area contributed by atoms with Crippen LogP contribution in [-0.4, -0.2) is 24.0 Å². The van der Waals surface area contributed by atoms with E-state index < -0.39 is 119 Å². The van der Waals surface area contributed by atoms with Crippen molar-refractivity contribution in [1.82, 2.24) is 4.90 Å². The molecule has 3 aromatic rings. The van der Waals surface area contributed by atoms with Crippen molar-refractivity contribution in [3.63, 3.8) is 0 Å². The molecule has 238 valence electrons. The molecule has 14 heteroatoms. The number of hydrogen-bond acceptors (Lipinski definition) is 3. The van der Waals surface area contributed by atoms with Gasteiger partial charge in [0.15, 0.2) is 0 Å². The highest BCUT2D eigenvalue weighted by Crippen LogP contribution is 2.45. The molecule has 1 aliphatic rings. The average Bonchev–Trinajstić information content (AvgIpc) is 3.16. The molecule has 4 nitrogen and oxygen atoms in total. The zero-order chi connectivity index (χ0) is 40.7. The Kier molecular flexibility index (Phi) is 5.89. The van der Waals surface area contributed by atoms with Crippen molar-refractivity contribution in [3.05, 3.63) is 87.7 Å². The van der Waals surface area contributed by atoms with Crippen LogP contribution < -0.4 is 4.74 Å². The Hall–Kier alpha value is -3.97. The van der Waals surface area contributed by atoms with Crippen LogP contribution in [0.3, 0.4) is 0 Å². The van der Waals surface area contributed by atoms with Gasteiger partial charge in [0.25, 0.3) is 0 Å². The summed E-state index contributed by atoms with van der Waals surface area (Å²) in [6.45, 7) is -3.44. The molecule has 0 unspecified atom stereocenters. The van der Waals surface area contributed by atoms with Crippen molar-refractivity contribution >= 4 is 6.09 Å². The number of cyclic esters (lactones) is 1. The predicted octanol–water partition coefficient (Wildman–Crippen LogP) is 9.76. The van der Waals surface area contributed by atoms with E-state index in [2.05, 4.69) is 0 Å². The summed E-state index contributed by atoms with van der Waals surface area (Å²) in [4.78, 5) is 13.2. The number of benzene rings is 3. The monoisotopic (exact) mass is 646 g/mol. The van der Waals surface area contributed by atoms with Crippen LogP contribution in [0.1, 0.15) is 78.4 Å². The van der Waals surface area contributed by atoms with Crippen molar-refractivity contribution < 1.29 is 70.5 Å². The fourth-order valence-electron chi connectivity index (χ4n) is 4.54. The molecule has 0 spiro atoms. The van der Waals surface area contributed by atoms with Crippen LogP contribution in [0.15, 0.2) is 48.5 Å². The minimum atomic E-state index is -5.56. The summed E-state index contributed by atoms with van der Waals surface area (Å²) in [5.74, 6) is -4.00. The normalized spacial score (nSPS) is 25.0. The number of halogens is 10. The number of amides is 1. The lowest BCUT2D eigenvalue weighted by Gasteiger charge is -2.25. The van der Waals surface area contributed by atoms with Crippen molar-refractivity contribution in [2.75, 3.05) is 7.04 Å². The van der Waals surface area contributed by atoms with E-state index in [1.807, 2.05) is 0 Å². The first-order valence-corrected chi connectivity index (χ1v) is 12.2. The fourth-order valence-corrected chi connectivity index (χ4v) is 4.54. The van der Waals surface area contributed by atoms with Crippen molar-refractivity contribution in [3.8, 4) is 16.9 Å². The number of nitrogens with zero attached hydrogens (tertiary/aromatic N) is 1. The summed E-state index contributed by atoms with van der Waals surface area (Å²) in [6.07, 6.45) is -22.4. The van der Waals surface area contributed by atoms with Gasteiger partial charge in [0, 0.05) is 16.6 Å². The first-order valence-electron chi connectivity index (χ1n) is 16.7. The Labute approximate surface area is 257 Å². The second kappa shape index (κ2) is 11.5. The highest BCUT2D eigenvalue weighted by Gasteiger charge is 2.44. The summed E-state index contributed by atoms with van der Waals surface area (Å²) in [6, 6.07) is -2.03. The lowest BCUT2D eigenvalue weighted by molar-refractivity contribution is -0.143. The molecule has 2 atom stereocenters. The summed E-state index contributed by atoms with van der Waals surface area (Å²) in [7, 11) is -3.30. The van der Waals surface area contributed by atoms with Crippen LogP contribution in [0.5, 0.6) is 5.75 Å². The van der Waals surface area contributed by atoms with Gasteiger partial charge in [-0.1, -0.05) is 19.9 Å². The van der Waals surface area contributed by atoms with E-state index in [0.29, 0.717) is 18.2 Å². The summed E-state index contributed by atoms with van der Waals surface area (Å²) in [5.41, 5.74) is -10.2. The Balaban J connectivity index is 2.08. The summed E-state index contributed by atoms with van der Waals surface area (Å²) >= 11 is 0. The van der Waals surface area contributed by atoms with E-state index in [4.69, 9.17) is 21.8 Å².